The number of amides is 2. The lowest BCUT2D eigenvalue weighted by Crippen LogP contribution is -2.46. The van der Waals surface area contributed by atoms with E-state index in [1.54, 1.807) is 0 Å². The molecule has 5 heteroatoms. The molecule has 0 spiro atoms. The van der Waals surface area contributed by atoms with E-state index in [4.69, 9.17) is 0 Å². The highest BCUT2D eigenvalue weighted by Gasteiger charge is 2.29. The lowest BCUT2D eigenvalue weighted by Gasteiger charge is -2.24. The molecule has 0 saturated heterocycles. The van der Waals surface area contributed by atoms with Gasteiger partial charge in [-0.15, -0.1) is 0 Å². The first-order valence-electron chi connectivity index (χ1n) is 7.42. The van der Waals surface area contributed by atoms with Gasteiger partial charge in [0.1, 0.15) is 0 Å². The average molecular weight is 290 g/mol. The number of benzene rings is 1. The van der Waals surface area contributed by atoms with E-state index in [1.807, 2.05) is 37.3 Å². The first-order chi connectivity index (χ1) is 10.1. The van der Waals surface area contributed by atoms with Gasteiger partial charge in [-0.3, -0.25) is 9.59 Å². The van der Waals surface area contributed by atoms with Crippen LogP contribution in [-0.4, -0.2) is 40.5 Å². The molecule has 0 aliphatic heterocycles. The van der Waals surface area contributed by atoms with Crippen molar-refractivity contribution in [3.05, 3.63) is 35.9 Å². The van der Waals surface area contributed by atoms with Crippen LogP contribution >= 0.6 is 0 Å². The summed E-state index contributed by atoms with van der Waals surface area (Å²) in [5, 5.41) is 12.5. The topological polar surface area (TPSA) is 69.6 Å². The minimum Gasteiger partial charge on any atom is -0.391 e. The van der Waals surface area contributed by atoms with Crippen molar-refractivity contribution in [2.45, 2.75) is 44.9 Å². The molecule has 1 atom stereocenters. The number of carbonyl (C=O) groups excluding carboxylic acids is 2. The van der Waals surface area contributed by atoms with Crippen LogP contribution < -0.4 is 5.32 Å². The zero-order valence-corrected chi connectivity index (χ0v) is 12.3. The molecule has 2 rings (SSSR count). The molecule has 2 N–H and O–H groups in total. The van der Waals surface area contributed by atoms with E-state index >= 15 is 0 Å². The van der Waals surface area contributed by atoms with Gasteiger partial charge in [-0.2, -0.15) is 0 Å². The van der Waals surface area contributed by atoms with E-state index in [2.05, 4.69) is 5.32 Å². The van der Waals surface area contributed by atoms with Crippen molar-refractivity contribution in [2.75, 3.05) is 6.54 Å². The Morgan fingerprint density at radius 2 is 2.00 bits per heavy atom. The predicted octanol–water partition coefficient (Wildman–Crippen LogP) is 1.06. The third-order valence-corrected chi connectivity index (χ3v) is 3.51. The lowest BCUT2D eigenvalue weighted by molar-refractivity contribution is -0.147. The Balaban J connectivity index is 2.02. The van der Waals surface area contributed by atoms with Crippen LogP contribution in [0, 0.1) is 0 Å². The number of hydrogen-bond donors (Lipinski definition) is 2. The van der Waals surface area contributed by atoms with Crippen LogP contribution in [0.25, 0.3) is 0 Å². The smallest absolute Gasteiger partial charge is 0.312 e. The third-order valence-electron chi connectivity index (χ3n) is 3.51. The molecule has 5 nitrogen and oxygen atoms in total. The maximum Gasteiger partial charge on any atom is 0.312 e. The lowest BCUT2D eigenvalue weighted by atomic mass is 10.2. The van der Waals surface area contributed by atoms with E-state index in [1.165, 1.54) is 4.90 Å². The summed E-state index contributed by atoms with van der Waals surface area (Å²) in [7, 11) is 0. The summed E-state index contributed by atoms with van der Waals surface area (Å²) in [4.78, 5) is 25.6. The number of aliphatic hydroxyl groups is 1. The Hall–Kier alpha value is -1.88. The molecular weight excluding hydrogens is 268 g/mol. The van der Waals surface area contributed by atoms with Crippen LogP contribution in [0.1, 0.15) is 31.7 Å². The van der Waals surface area contributed by atoms with Crippen molar-refractivity contribution in [1.82, 2.24) is 10.2 Å². The second kappa shape index (κ2) is 7.22. The highest BCUT2D eigenvalue weighted by atomic mass is 16.3. The SMILES string of the molecule is CCC(O)CN(Cc1ccccc1)C(=O)C(=O)NC1CC1. The standard InChI is InChI=1S/C16H22N2O3/c1-2-14(19)11-18(10-12-6-4-3-5-7-12)16(21)15(20)17-13-8-9-13/h3-7,13-14,19H,2,8-11H2,1H3,(H,17,20). The van der Waals surface area contributed by atoms with Crippen LogP contribution in [0.3, 0.4) is 0 Å². The maximum absolute atomic E-state index is 12.3. The molecule has 1 fully saturated rings. The van der Waals surface area contributed by atoms with Gasteiger partial charge < -0.3 is 15.3 Å². The number of aliphatic hydroxyl groups excluding tert-OH is 1. The van der Waals surface area contributed by atoms with Crippen LogP contribution in [0.15, 0.2) is 30.3 Å². The Labute approximate surface area is 125 Å². The summed E-state index contributed by atoms with van der Waals surface area (Å²) in [5.41, 5.74) is 0.938. The van der Waals surface area contributed by atoms with Crippen LogP contribution in [0.4, 0.5) is 0 Å². The largest absolute Gasteiger partial charge is 0.391 e. The zero-order chi connectivity index (χ0) is 15.2. The molecule has 1 unspecified atom stereocenters. The van der Waals surface area contributed by atoms with E-state index in [0.717, 1.165) is 18.4 Å². The fourth-order valence-electron chi connectivity index (χ4n) is 2.02. The highest BCUT2D eigenvalue weighted by molar-refractivity contribution is 6.35. The quantitative estimate of drug-likeness (QED) is 0.770. The van der Waals surface area contributed by atoms with Crippen molar-refractivity contribution in [2.24, 2.45) is 0 Å². The number of nitrogens with one attached hydrogen (secondary N) is 1. The Kier molecular flexibility index (Phi) is 5.33. The van der Waals surface area contributed by atoms with Crippen molar-refractivity contribution in [3.8, 4) is 0 Å². The molecule has 0 radical (unpaired) electrons. The summed E-state index contributed by atoms with van der Waals surface area (Å²) in [6, 6.07) is 9.62. The minimum atomic E-state index is -0.619. The number of nitrogens with zero attached hydrogens (tertiary/aromatic N) is 1. The van der Waals surface area contributed by atoms with Crippen molar-refractivity contribution >= 4 is 11.8 Å². The van der Waals surface area contributed by atoms with Gasteiger partial charge in [-0.05, 0) is 24.8 Å². The molecule has 0 aromatic heterocycles. The third kappa shape index (κ3) is 4.86. The van der Waals surface area contributed by atoms with Gasteiger partial charge in [0, 0.05) is 19.1 Å². The van der Waals surface area contributed by atoms with Crippen molar-refractivity contribution in [3.63, 3.8) is 0 Å². The van der Waals surface area contributed by atoms with Crippen molar-refractivity contribution in [1.29, 1.82) is 0 Å². The van der Waals surface area contributed by atoms with Gasteiger partial charge in [0.15, 0.2) is 0 Å². The molecule has 1 aliphatic carbocycles. The zero-order valence-electron chi connectivity index (χ0n) is 12.3. The Bertz CT molecular complexity index is 486. The number of rotatable bonds is 6. The van der Waals surface area contributed by atoms with E-state index in [9.17, 15) is 14.7 Å². The van der Waals surface area contributed by atoms with Gasteiger partial charge in [-0.1, -0.05) is 37.3 Å². The van der Waals surface area contributed by atoms with Crippen LogP contribution in [-0.2, 0) is 16.1 Å². The molecular formula is C16H22N2O3. The van der Waals surface area contributed by atoms with Gasteiger partial charge >= 0.3 is 11.8 Å². The summed E-state index contributed by atoms with van der Waals surface area (Å²) in [5.74, 6) is -1.14. The maximum atomic E-state index is 12.3. The summed E-state index contributed by atoms with van der Waals surface area (Å²) in [6.45, 7) is 2.34. The second-order valence-corrected chi connectivity index (χ2v) is 5.48. The second-order valence-electron chi connectivity index (χ2n) is 5.48. The Morgan fingerprint density at radius 1 is 1.33 bits per heavy atom. The van der Waals surface area contributed by atoms with Gasteiger partial charge in [0.05, 0.1) is 6.10 Å². The van der Waals surface area contributed by atoms with Crippen LogP contribution in [0.2, 0.25) is 0 Å². The molecule has 0 heterocycles. The molecule has 0 bridgehead atoms. The van der Waals surface area contributed by atoms with Gasteiger partial charge in [-0.25, -0.2) is 0 Å². The summed E-state index contributed by atoms with van der Waals surface area (Å²) >= 11 is 0. The molecule has 1 aromatic carbocycles. The molecule has 1 aliphatic rings. The Morgan fingerprint density at radius 3 is 2.57 bits per heavy atom. The van der Waals surface area contributed by atoms with E-state index in [-0.39, 0.29) is 12.6 Å². The van der Waals surface area contributed by atoms with E-state index in [0.29, 0.717) is 13.0 Å². The van der Waals surface area contributed by atoms with Gasteiger partial charge in [0.2, 0.25) is 0 Å². The average Bonchev–Trinajstić information content (AvgIpc) is 3.30. The molecule has 1 aromatic rings. The first kappa shape index (κ1) is 15.5. The minimum absolute atomic E-state index is 0.149. The fraction of sp³-hybridized carbons (Fsp3) is 0.500. The number of carbonyl (C=O) groups is 2. The number of hydrogen-bond acceptors (Lipinski definition) is 3. The first-order valence-corrected chi connectivity index (χ1v) is 7.42. The molecule has 21 heavy (non-hydrogen) atoms. The van der Waals surface area contributed by atoms with Gasteiger partial charge in [0.25, 0.3) is 0 Å². The summed E-state index contributed by atoms with van der Waals surface area (Å²) < 4.78 is 0. The highest BCUT2D eigenvalue weighted by Crippen LogP contribution is 2.18. The van der Waals surface area contributed by atoms with E-state index < -0.39 is 17.9 Å². The predicted molar refractivity (Wildman–Crippen MR) is 79.3 cm³/mol. The van der Waals surface area contributed by atoms with Crippen LogP contribution in [0.5, 0.6) is 0 Å². The normalized spacial score (nSPS) is 15.3. The fourth-order valence-corrected chi connectivity index (χ4v) is 2.02. The monoisotopic (exact) mass is 290 g/mol. The molecule has 114 valence electrons. The molecule has 2 amide bonds. The summed E-state index contributed by atoms with van der Waals surface area (Å²) in [6.07, 6.45) is 1.80. The molecule has 1 saturated carbocycles. The van der Waals surface area contributed by atoms with Crippen molar-refractivity contribution < 1.29 is 14.7 Å².